The number of alkyl halides is 16. The molecule has 0 aliphatic heterocycles. The van der Waals surface area contributed by atoms with Gasteiger partial charge in [-0.3, -0.25) is 0 Å². The van der Waals surface area contributed by atoms with Crippen LogP contribution in [0.25, 0.3) is 0 Å². The molecule has 0 aromatic carbocycles. The van der Waals surface area contributed by atoms with E-state index in [-0.39, 0.29) is 0 Å². The lowest BCUT2D eigenvalue weighted by atomic mass is 9.79. The van der Waals surface area contributed by atoms with Crippen LogP contribution in [-0.2, 0) is 0 Å². The molecule has 0 fully saturated rings. The van der Waals surface area contributed by atoms with E-state index in [4.69, 9.17) is 10.5 Å². The van der Waals surface area contributed by atoms with E-state index in [1.54, 1.807) is 0 Å². The van der Waals surface area contributed by atoms with Gasteiger partial charge in [-0.1, -0.05) is 0 Å². The van der Waals surface area contributed by atoms with Gasteiger partial charge in [-0.15, -0.1) is 0 Å². The number of rotatable bonds is 9. The highest BCUT2D eigenvalue weighted by Gasteiger charge is 2.90. The highest BCUT2D eigenvalue weighted by molar-refractivity contribution is 5.15. The molecule has 0 N–H and O–H groups in total. The molecule has 0 saturated heterocycles. The molecule has 0 atom stereocenters. The van der Waals surface area contributed by atoms with Gasteiger partial charge in [0, 0.05) is 12.8 Å². The number of halogens is 16. The van der Waals surface area contributed by atoms with Gasteiger partial charge in [0.05, 0.1) is 12.1 Å². The number of hydrogen-bond acceptors (Lipinski definition) is 2. The van der Waals surface area contributed by atoms with Crippen molar-refractivity contribution in [3.63, 3.8) is 0 Å². The monoisotopic (exact) mass is 508 g/mol. The average Bonchev–Trinajstić information content (AvgIpc) is 2.60. The van der Waals surface area contributed by atoms with Gasteiger partial charge in [-0.05, 0) is 12.8 Å². The van der Waals surface area contributed by atoms with Crippen molar-refractivity contribution in [1.82, 2.24) is 0 Å². The van der Waals surface area contributed by atoms with Gasteiger partial charge in [-0.25, -0.2) is 0 Å². The molecule has 18 heteroatoms. The maximum Gasteiger partial charge on any atom is 0.460 e. The van der Waals surface area contributed by atoms with Crippen molar-refractivity contribution in [3.05, 3.63) is 0 Å². The second-order valence-corrected chi connectivity index (χ2v) is 6.42. The molecule has 0 saturated carbocycles. The summed E-state index contributed by atoms with van der Waals surface area (Å²) in [6, 6.07) is 1.46. The predicted molar refractivity (Wildman–Crippen MR) is 69.0 cm³/mol. The minimum atomic E-state index is -8.12. The molecular formula is C14H8F16N2. The van der Waals surface area contributed by atoms with Crippen molar-refractivity contribution < 1.29 is 70.2 Å². The second-order valence-electron chi connectivity index (χ2n) is 6.42. The molecule has 0 radical (unpaired) electrons. The van der Waals surface area contributed by atoms with E-state index < -0.39 is 73.1 Å². The molecule has 2 nitrogen and oxygen atoms in total. The molecule has 0 bridgehead atoms. The Kier molecular flexibility index (Phi) is 7.77. The van der Waals surface area contributed by atoms with Crippen molar-refractivity contribution in [2.75, 3.05) is 0 Å². The van der Waals surface area contributed by atoms with Gasteiger partial charge in [0.2, 0.25) is 0 Å². The lowest BCUT2D eigenvalue weighted by molar-refractivity contribution is -0.440. The fourth-order valence-electron chi connectivity index (χ4n) is 2.06. The first-order valence-electron chi connectivity index (χ1n) is 7.64. The Morgan fingerprint density at radius 2 is 0.781 bits per heavy atom. The molecule has 186 valence electrons. The summed E-state index contributed by atoms with van der Waals surface area (Å²) in [6.45, 7) is 0. The van der Waals surface area contributed by atoms with Crippen LogP contribution < -0.4 is 0 Å². The topological polar surface area (TPSA) is 47.6 Å². The van der Waals surface area contributed by atoms with Gasteiger partial charge >= 0.3 is 42.0 Å². The molecule has 0 spiro atoms. The Bertz CT molecular complexity index is 735. The molecule has 0 heterocycles. The summed E-state index contributed by atoms with van der Waals surface area (Å²) in [5.41, 5.74) is -3.19. The molecule has 0 amide bonds. The zero-order valence-electron chi connectivity index (χ0n) is 14.8. The van der Waals surface area contributed by atoms with Crippen molar-refractivity contribution >= 4 is 0 Å². The summed E-state index contributed by atoms with van der Waals surface area (Å²) in [7, 11) is 0. The van der Waals surface area contributed by atoms with Crippen LogP contribution in [0.3, 0.4) is 0 Å². The Labute approximate surface area is 167 Å². The van der Waals surface area contributed by atoms with E-state index in [1.807, 2.05) is 0 Å². The van der Waals surface area contributed by atoms with Gasteiger partial charge < -0.3 is 0 Å². The highest BCUT2D eigenvalue weighted by atomic mass is 19.4. The summed E-state index contributed by atoms with van der Waals surface area (Å²) in [4.78, 5) is 0. The molecule has 0 aliphatic carbocycles. The van der Waals surface area contributed by atoms with Crippen LogP contribution in [0.4, 0.5) is 70.2 Å². The Morgan fingerprint density at radius 3 is 1.09 bits per heavy atom. The fourth-order valence-corrected chi connectivity index (χ4v) is 2.06. The maximum absolute atomic E-state index is 13.7. The smallest absolute Gasteiger partial charge is 0.200 e. The molecule has 0 aromatic rings. The molecule has 0 rings (SSSR count). The van der Waals surface area contributed by atoms with Gasteiger partial charge in [0.15, 0.2) is 0 Å². The zero-order chi connectivity index (χ0) is 26.2. The highest BCUT2D eigenvalue weighted by Crippen LogP contribution is 2.61. The average molecular weight is 508 g/mol. The van der Waals surface area contributed by atoms with E-state index in [2.05, 4.69) is 0 Å². The quantitative estimate of drug-likeness (QED) is 0.319. The summed E-state index contributed by atoms with van der Waals surface area (Å²) >= 11 is 0. The minimum absolute atomic E-state index is 0.731. The first-order chi connectivity index (χ1) is 13.8. The SMILES string of the molecule is N#CC(C#N)(CCC(F)(F)F)CCC(F)(F)C(F)(F)C(F)(F)C(F)(F)C(F)(F)C(F)(F)F. The predicted octanol–water partition coefficient (Wildman–Crippen LogP) is 6.88. The Hall–Kier alpha value is -2.14. The van der Waals surface area contributed by atoms with Gasteiger partial charge in [-0.2, -0.15) is 80.8 Å². The molecule has 0 aliphatic rings. The van der Waals surface area contributed by atoms with Crippen molar-refractivity contribution in [2.24, 2.45) is 5.41 Å². The third-order valence-corrected chi connectivity index (χ3v) is 4.13. The number of nitrogens with zero attached hydrogens (tertiary/aromatic N) is 2. The molecule has 0 unspecified atom stereocenters. The van der Waals surface area contributed by atoms with Crippen LogP contribution in [0.5, 0.6) is 0 Å². The fraction of sp³-hybridized carbons (Fsp3) is 0.857. The minimum Gasteiger partial charge on any atom is -0.200 e. The lowest BCUT2D eigenvalue weighted by Gasteiger charge is -2.40. The normalized spacial score (nSPS) is 15.3. The first kappa shape index (κ1) is 29.9. The second kappa shape index (κ2) is 8.33. The van der Waals surface area contributed by atoms with Crippen LogP contribution in [0, 0.1) is 28.1 Å². The number of nitriles is 2. The van der Waals surface area contributed by atoms with E-state index >= 15 is 0 Å². The van der Waals surface area contributed by atoms with Gasteiger partial charge in [0.1, 0.15) is 5.41 Å². The maximum atomic E-state index is 13.7. The van der Waals surface area contributed by atoms with Crippen molar-refractivity contribution in [2.45, 2.75) is 67.6 Å². The summed E-state index contributed by atoms with van der Waals surface area (Å²) in [5, 5.41) is 17.4. The van der Waals surface area contributed by atoms with Crippen molar-refractivity contribution in [1.29, 1.82) is 10.5 Å². The van der Waals surface area contributed by atoms with Crippen LogP contribution in [-0.4, -0.2) is 42.0 Å². The third-order valence-electron chi connectivity index (χ3n) is 4.13. The zero-order valence-corrected chi connectivity index (χ0v) is 14.8. The van der Waals surface area contributed by atoms with E-state index in [9.17, 15) is 70.2 Å². The van der Waals surface area contributed by atoms with E-state index in [1.165, 1.54) is 0 Å². The van der Waals surface area contributed by atoms with Gasteiger partial charge in [0.25, 0.3) is 0 Å². The lowest BCUT2D eigenvalue weighted by Crippen LogP contribution is -2.70. The molecular weight excluding hydrogens is 500 g/mol. The van der Waals surface area contributed by atoms with E-state index in [0.29, 0.717) is 0 Å². The van der Waals surface area contributed by atoms with Crippen LogP contribution in [0.15, 0.2) is 0 Å². The van der Waals surface area contributed by atoms with E-state index in [0.717, 1.165) is 12.1 Å². The van der Waals surface area contributed by atoms with Crippen LogP contribution in [0.1, 0.15) is 25.7 Å². The Balaban J connectivity index is 6.10. The summed E-state index contributed by atoms with van der Waals surface area (Å²) in [6.07, 6.45) is -21.4. The van der Waals surface area contributed by atoms with Crippen LogP contribution >= 0.6 is 0 Å². The third kappa shape index (κ3) is 5.09. The molecule has 0 aromatic heterocycles. The summed E-state index contributed by atoms with van der Waals surface area (Å²) < 4.78 is 205. The van der Waals surface area contributed by atoms with Crippen LogP contribution in [0.2, 0.25) is 0 Å². The first-order valence-corrected chi connectivity index (χ1v) is 7.64. The van der Waals surface area contributed by atoms with Crippen molar-refractivity contribution in [3.8, 4) is 12.1 Å². The Morgan fingerprint density at radius 1 is 0.438 bits per heavy atom. The number of hydrogen-bond donors (Lipinski definition) is 0. The standard InChI is InChI=1S/C14H8F16N2/c15-8(16,3-1-7(5-31,6-32)2-4-9(17,18)19)10(20,21)11(22,23)12(24,25)13(26,27)14(28,29)30/h1-4H2. The largest absolute Gasteiger partial charge is 0.460 e. The molecule has 32 heavy (non-hydrogen) atoms. The summed E-state index contributed by atoms with van der Waals surface area (Å²) in [5.74, 6) is -38.3.